The number of hydrogen-bond acceptors (Lipinski definition) is 4. The Morgan fingerprint density at radius 2 is 2.05 bits per heavy atom. The first-order chi connectivity index (χ1) is 10.2. The van der Waals surface area contributed by atoms with Gasteiger partial charge in [0.25, 0.3) is 0 Å². The van der Waals surface area contributed by atoms with E-state index < -0.39 is 0 Å². The van der Waals surface area contributed by atoms with Crippen molar-refractivity contribution in [1.29, 1.82) is 0 Å². The van der Waals surface area contributed by atoms with Crippen LogP contribution in [0.5, 0.6) is 5.75 Å². The van der Waals surface area contributed by atoms with Crippen LogP contribution in [-0.4, -0.2) is 55.2 Å². The Labute approximate surface area is 128 Å². The van der Waals surface area contributed by atoms with Crippen molar-refractivity contribution in [2.24, 2.45) is 5.73 Å². The summed E-state index contributed by atoms with van der Waals surface area (Å²) < 4.78 is 5.80. The van der Waals surface area contributed by atoms with Crippen molar-refractivity contribution in [2.75, 3.05) is 39.3 Å². The Balaban J connectivity index is 2.20. The third-order valence-electron chi connectivity index (χ3n) is 4.41. The second-order valence-electron chi connectivity index (χ2n) is 5.70. The van der Waals surface area contributed by atoms with Gasteiger partial charge in [-0.15, -0.1) is 0 Å². The van der Waals surface area contributed by atoms with Crippen LogP contribution >= 0.6 is 0 Å². The minimum Gasteiger partial charge on any atom is -0.494 e. The fraction of sp³-hybridized carbons (Fsp3) is 0.647. The van der Waals surface area contributed by atoms with Crippen molar-refractivity contribution in [3.63, 3.8) is 0 Å². The summed E-state index contributed by atoms with van der Waals surface area (Å²) in [5.41, 5.74) is 7.34. The van der Waals surface area contributed by atoms with Gasteiger partial charge in [-0.2, -0.15) is 0 Å². The molecule has 21 heavy (non-hydrogen) atoms. The number of rotatable bonds is 6. The summed E-state index contributed by atoms with van der Waals surface area (Å²) in [7, 11) is 0. The predicted molar refractivity (Wildman–Crippen MR) is 87.7 cm³/mol. The SMILES string of the molecule is CCOc1ccccc1C(CN)N1CCN(CC)CC1C. The zero-order valence-electron chi connectivity index (χ0n) is 13.6. The van der Waals surface area contributed by atoms with Crippen molar-refractivity contribution >= 4 is 0 Å². The number of hydrogen-bond donors (Lipinski definition) is 1. The van der Waals surface area contributed by atoms with Crippen LogP contribution in [0.1, 0.15) is 32.4 Å². The maximum absolute atomic E-state index is 6.12. The molecule has 1 fully saturated rings. The minimum atomic E-state index is 0.238. The smallest absolute Gasteiger partial charge is 0.124 e. The number of piperazine rings is 1. The van der Waals surface area contributed by atoms with Crippen molar-refractivity contribution in [2.45, 2.75) is 32.9 Å². The number of para-hydroxylation sites is 1. The number of benzene rings is 1. The Morgan fingerprint density at radius 3 is 2.67 bits per heavy atom. The molecular weight excluding hydrogens is 262 g/mol. The topological polar surface area (TPSA) is 41.7 Å². The Bertz CT molecular complexity index is 438. The summed E-state index contributed by atoms with van der Waals surface area (Å²) in [6.07, 6.45) is 0. The first kappa shape index (κ1) is 16.3. The fourth-order valence-corrected chi connectivity index (χ4v) is 3.28. The first-order valence-corrected chi connectivity index (χ1v) is 8.11. The van der Waals surface area contributed by atoms with E-state index in [4.69, 9.17) is 10.5 Å². The molecule has 1 aromatic carbocycles. The summed E-state index contributed by atoms with van der Waals surface area (Å²) in [5, 5.41) is 0. The zero-order valence-corrected chi connectivity index (χ0v) is 13.6. The van der Waals surface area contributed by atoms with Gasteiger partial charge in [0.05, 0.1) is 12.6 Å². The molecule has 1 saturated heterocycles. The van der Waals surface area contributed by atoms with Gasteiger partial charge in [-0.05, 0) is 26.5 Å². The molecule has 2 rings (SSSR count). The van der Waals surface area contributed by atoms with Crippen LogP contribution < -0.4 is 10.5 Å². The maximum atomic E-state index is 6.12. The molecule has 2 unspecified atom stereocenters. The van der Waals surface area contributed by atoms with Crippen LogP contribution in [0.3, 0.4) is 0 Å². The molecule has 4 heteroatoms. The van der Waals surface area contributed by atoms with Crippen LogP contribution in [0.2, 0.25) is 0 Å². The summed E-state index contributed by atoms with van der Waals surface area (Å²) >= 11 is 0. The maximum Gasteiger partial charge on any atom is 0.124 e. The summed E-state index contributed by atoms with van der Waals surface area (Å²) in [5.74, 6) is 0.973. The molecule has 0 amide bonds. The zero-order chi connectivity index (χ0) is 15.2. The highest BCUT2D eigenvalue weighted by molar-refractivity contribution is 5.36. The van der Waals surface area contributed by atoms with Crippen molar-refractivity contribution in [1.82, 2.24) is 9.80 Å². The Kier molecular flexibility index (Phi) is 6.03. The van der Waals surface area contributed by atoms with E-state index in [2.05, 4.69) is 41.8 Å². The summed E-state index contributed by atoms with van der Waals surface area (Å²) in [6.45, 7) is 12.3. The largest absolute Gasteiger partial charge is 0.494 e. The highest BCUT2D eigenvalue weighted by Gasteiger charge is 2.30. The molecule has 118 valence electrons. The lowest BCUT2D eigenvalue weighted by molar-refractivity contribution is 0.0526. The molecule has 0 aromatic heterocycles. The van der Waals surface area contributed by atoms with Crippen LogP contribution in [0.15, 0.2) is 24.3 Å². The van der Waals surface area contributed by atoms with Gasteiger partial charge in [0.15, 0.2) is 0 Å². The van der Waals surface area contributed by atoms with Gasteiger partial charge in [-0.25, -0.2) is 0 Å². The predicted octanol–water partition coefficient (Wildman–Crippen LogP) is 2.11. The molecule has 1 aliphatic heterocycles. The molecule has 1 heterocycles. The molecule has 2 N–H and O–H groups in total. The van der Waals surface area contributed by atoms with Gasteiger partial charge in [0.1, 0.15) is 5.75 Å². The lowest BCUT2D eigenvalue weighted by Crippen LogP contribution is -2.53. The van der Waals surface area contributed by atoms with Gasteiger partial charge in [0, 0.05) is 37.8 Å². The second-order valence-corrected chi connectivity index (χ2v) is 5.70. The molecule has 2 atom stereocenters. The Hall–Kier alpha value is -1.10. The van der Waals surface area contributed by atoms with Crippen molar-refractivity contribution in [3.8, 4) is 5.75 Å². The normalized spacial score (nSPS) is 22.2. The van der Waals surface area contributed by atoms with E-state index in [-0.39, 0.29) is 6.04 Å². The van der Waals surface area contributed by atoms with Crippen molar-refractivity contribution < 1.29 is 4.74 Å². The van der Waals surface area contributed by atoms with E-state index in [1.807, 2.05) is 13.0 Å². The molecule has 0 bridgehead atoms. The Morgan fingerprint density at radius 1 is 1.29 bits per heavy atom. The molecule has 0 spiro atoms. The average molecular weight is 291 g/mol. The quantitative estimate of drug-likeness (QED) is 0.871. The van der Waals surface area contributed by atoms with E-state index in [0.29, 0.717) is 19.2 Å². The van der Waals surface area contributed by atoms with E-state index in [1.54, 1.807) is 0 Å². The number of nitrogens with two attached hydrogens (primary N) is 1. The van der Waals surface area contributed by atoms with E-state index in [0.717, 1.165) is 31.9 Å². The van der Waals surface area contributed by atoms with Crippen LogP contribution in [0.25, 0.3) is 0 Å². The minimum absolute atomic E-state index is 0.238. The molecule has 0 aliphatic carbocycles. The number of nitrogens with zero attached hydrogens (tertiary/aromatic N) is 2. The van der Waals surface area contributed by atoms with E-state index in [9.17, 15) is 0 Å². The monoisotopic (exact) mass is 291 g/mol. The standard InChI is InChI=1S/C17H29N3O/c1-4-19-10-11-20(14(3)13-19)16(12-18)15-8-6-7-9-17(15)21-5-2/h6-9,14,16H,4-5,10-13,18H2,1-3H3. The highest BCUT2D eigenvalue weighted by atomic mass is 16.5. The number of ether oxygens (including phenoxy) is 1. The molecular formula is C17H29N3O. The van der Waals surface area contributed by atoms with E-state index >= 15 is 0 Å². The van der Waals surface area contributed by atoms with Crippen LogP contribution in [0, 0.1) is 0 Å². The number of likely N-dealkylation sites (N-methyl/N-ethyl adjacent to an activating group) is 1. The van der Waals surface area contributed by atoms with Crippen molar-refractivity contribution in [3.05, 3.63) is 29.8 Å². The molecule has 0 radical (unpaired) electrons. The molecule has 1 aliphatic rings. The average Bonchev–Trinajstić information content (AvgIpc) is 2.51. The van der Waals surface area contributed by atoms with Crippen LogP contribution in [-0.2, 0) is 0 Å². The van der Waals surface area contributed by atoms with Gasteiger partial charge in [-0.3, -0.25) is 4.90 Å². The third kappa shape index (κ3) is 3.76. The van der Waals surface area contributed by atoms with Gasteiger partial charge in [-0.1, -0.05) is 25.1 Å². The summed E-state index contributed by atoms with van der Waals surface area (Å²) in [4.78, 5) is 5.03. The van der Waals surface area contributed by atoms with Gasteiger partial charge < -0.3 is 15.4 Å². The third-order valence-corrected chi connectivity index (χ3v) is 4.41. The van der Waals surface area contributed by atoms with Gasteiger partial charge >= 0.3 is 0 Å². The van der Waals surface area contributed by atoms with Gasteiger partial charge in [0.2, 0.25) is 0 Å². The van der Waals surface area contributed by atoms with E-state index in [1.165, 1.54) is 5.56 Å². The molecule has 4 nitrogen and oxygen atoms in total. The lowest BCUT2D eigenvalue weighted by atomic mass is 10.0. The highest BCUT2D eigenvalue weighted by Crippen LogP contribution is 2.31. The summed E-state index contributed by atoms with van der Waals surface area (Å²) in [6, 6.07) is 9.06. The van der Waals surface area contributed by atoms with Crippen LogP contribution in [0.4, 0.5) is 0 Å². The lowest BCUT2D eigenvalue weighted by Gasteiger charge is -2.43. The fourth-order valence-electron chi connectivity index (χ4n) is 3.28. The second kappa shape index (κ2) is 7.78. The molecule has 0 saturated carbocycles. The molecule has 1 aromatic rings. The first-order valence-electron chi connectivity index (χ1n) is 8.11.